The van der Waals surface area contributed by atoms with Crippen LogP contribution in [0.5, 0.6) is 0 Å². The highest BCUT2D eigenvalue weighted by Gasteiger charge is 2.45. The summed E-state index contributed by atoms with van der Waals surface area (Å²) in [6.07, 6.45) is 2.80. The fourth-order valence-electron chi connectivity index (χ4n) is 2.39. The topological polar surface area (TPSA) is 47.6 Å². The molecule has 0 saturated heterocycles. The van der Waals surface area contributed by atoms with E-state index in [2.05, 4.69) is 5.32 Å². The Morgan fingerprint density at radius 1 is 1.53 bits per heavy atom. The number of methoxy groups -OCH3 is 2. The Morgan fingerprint density at radius 2 is 2.29 bits per heavy atom. The van der Waals surface area contributed by atoms with Crippen LogP contribution in [0.15, 0.2) is 0 Å². The highest BCUT2D eigenvalue weighted by molar-refractivity contribution is 7.99. The fraction of sp³-hybridized carbons (Fsp3) is 0.917. The summed E-state index contributed by atoms with van der Waals surface area (Å²) in [5, 5.41) is 3.84. The number of hydrogen-bond acceptors (Lipinski definition) is 5. The summed E-state index contributed by atoms with van der Waals surface area (Å²) in [6, 6.07) is 0. The van der Waals surface area contributed by atoms with Crippen LogP contribution in [0.1, 0.15) is 26.2 Å². The molecule has 0 aromatic heterocycles. The summed E-state index contributed by atoms with van der Waals surface area (Å²) < 4.78 is 9.97. The van der Waals surface area contributed by atoms with Gasteiger partial charge in [-0.25, -0.2) is 0 Å². The maximum absolute atomic E-state index is 11.9. The summed E-state index contributed by atoms with van der Waals surface area (Å²) in [5.74, 6) is 0.874. The lowest BCUT2D eigenvalue weighted by atomic mass is 9.98. The maximum Gasteiger partial charge on any atom is 0.326 e. The van der Waals surface area contributed by atoms with E-state index in [4.69, 9.17) is 9.47 Å². The van der Waals surface area contributed by atoms with Crippen LogP contribution in [0.25, 0.3) is 0 Å². The molecule has 2 unspecified atom stereocenters. The van der Waals surface area contributed by atoms with Crippen molar-refractivity contribution in [2.75, 3.05) is 33.1 Å². The largest absolute Gasteiger partial charge is 0.468 e. The molecule has 1 fully saturated rings. The van der Waals surface area contributed by atoms with Gasteiger partial charge in [0.2, 0.25) is 0 Å². The predicted molar refractivity (Wildman–Crippen MR) is 70.4 cm³/mol. The van der Waals surface area contributed by atoms with Crippen LogP contribution in [0, 0.1) is 0 Å². The lowest BCUT2D eigenvalue weighted by Gasteiger charge is -2.27. The molecule has 1 aliphatic rings. The second-order valence-electron chi connectivity index (χ2n) is 4.33. The van der Waals surface area contributed by atoms with Gasteiger partial charge in [-0.2, -0.15) is 11.8 Å². The van der Waals surface area contributed by atoms with E-state index in [1.807, 2.05) is 18.7 Å². The molecule has 100 valence electrons. The molecule has 0 bridgehead atoms. The molecule has 0 radical (unpaired) electrons. The number of likely N-dealkylation sites (N-methyl/N-ethyl adjacent to an activating group) is 1. The van der Waals surface area contributed by atoms with Crippen LogP contribution in [-0.2, 0) is 14.3 Å². The third-order valence-electron chi connectivity index (χ3n) is 3.20. The van der Waals surface area contributed by atoms with Gasteiger partial charge in [0.05, 0.1) is 13.7 Å². The molecule has 0 aromatic carbocycles. The van der Waals surface area contributed by atoms with Crippen molar-refractivity contribution >= 4 is 17.7 Å². The Kier molecular flexibility index (Phi) is 6.30. The number of nitrogens with one attached hydrogen (secondary N) is 1. The van der Waals surface area contributed by atoms with Gasteiger partial charge >= 0.3 is 5.97 Å². The second kappa shape index (κ2) is 7.24. The lowest BCUT2D eigenvalue weighted by Crippen LogP contribution is -2.50. The Balaban J connectivity index is 2.49. The van der Waals surface area contributed by atoms with Gasteiger partial charge < -0.3 is 14.8 Å². The molecule has 1 rings (SSSR count). The number of thioether (sulfide) groups is 1. The van der Waals surface area contributed by atoms with E-state index in [1.165, 1.54) is 7.11 Å². The van der Waals surface area contributed by atoms with Crippen molar-refractivity contribution in [2.45, 2.75) is 37.0 Å². The zero-order valence-electron chi connectivity index (χ0n) is 11.0. The van der Waals surface area contributed by atoms with Crippen LogP contribution >= 0.6 is 11.8 Å². The second-order valence-corrected chi connectivity index (χ2v) is 5.74. The molecule has 0 heterocycles. The summed E-state index contributed by atoms with van der Waals surface area (Å²) in [7, 11) is 3.18. The van der Waals surface area contributed by atoms with Gasteiger partial charge in [0.25, 0.3) is 0 Å². The summed E-state index contributed by atoms with van der Waals surface area (Å²) >= 11 is 1.89. The first-order valence-electron chi connectivity index (χ1n) is 6.12. The smallest absolute Gasteiger partial charge is 0.326 e. The third kappa shape index (κ3) is 3.86. The highest BCUT2D eigenvalue weighted by atomic mass is 32.2. The molecule has 4 nitrogen and oxygen atoms in total. The van der Waals surface area contributed by atoms with Crippen LogP contribution in [0.2, 0.25) is 0 Å². The zero-order valence-corrected chi connectivity index (χ0v) is 11.8. The number of rotatable bonds is 7. The zero-order chi connectivity index (χ0) is 12.7. The summed E-state index contributed by atoms with van der Waals surface area (Å²) in [4.78, 5) is 11.9. The van der Waals surface area contributed by atoms with E-state index in [-0.39, 0.29) is 5.97 Å². The van der Waals surface area contributed by atoms with Gasteiger partial charge in [0.15, 0.2) is 0 Å². The van der Waals surface area contributed by atoms with Crippen molar-refractivity contribution in [1.82, 2.24) is 5.32 Å². The molecule has 0 aromatic rings. The van der Waals surface area contributed by atoms with Crippen molar-refractivity contribution in [3.8, 4) is 0 Å². The standard InChI is InChI=1S/C12H23NO3S/c1-4-13-12(11(14)16-3)6-5-10(9-12)17-8-7-15-2/h10,13H,4-9H2,1-3H3. The molecule has 0 aliphatic heterocycles. The van der Waals surface area contributed by atoms with Crippen molar-refractivity contribution in [3.63, 3.8) is 0 Å². The van der Waals surface area contributed by atoms with E-state index in [0.29, 0.717) is 5.25 Å². The van der Waals surface area contributed by atoms with Crippen molar-refractivity contribution in [1.29, 1.82) is 0 Å². The van der Waals surface area contributed by atoms with Crippen LogP contribution in [0.3, 0.4) is 0 Å². The normalized spacial score (nSPS) is 28.3. The van der Waals surface area contributed by atoms with Crippen molar-refractivity contribution in [2.24, 2.45) is 0 Å². The number of esters is 1. The van der Waals surface area contributed by atoms with Gasteiger partial charge in [-0.1, -0.05) is 6.92 Å². The SMILES string of the molecule is CCNC1(C(=O)OC)CCC(SCCOC)C1. The number of ether oxygens (including phenoxy) is 2. The molecule has 0 amide bonds. The quantitative estimate of drug-likeness (QED) is 0.555. The monoisotopic (exact) mass is 261 g/mol. The molecule has 1 saturated carbocycles. The molecule has 2 atom stereocenters. The Labute approximate surface area is 108 Å². The summed E-state index contributed by atoms with van der Waals surface area (Å²) in [5.41, 5.74) is -0.450. The lowest BCUT2D eigenvalue weighted by molar-refractivity contribution is -0.148. The first kappa shape index (κ1) is 14.8. The predicted octanol–water partition coefficient (Wildman–Crippen LogP) is 1.44. The number of carbonyl (C=O) groups is 1. The molecule has 5 heteroatoms. The van der Waals surface area contributed by atoms with Crippen LogP contribution in [0.4, 0.5) is 0 Å². The van der Waals surface area contributed by atoms with E-state index >= 15 is 0 Å². The molecule has 0 spiro atoms. The van der Waals surface area contributed by atoms with Gasteiger partial charge in [-0.15, -0.1) is 0 Å². The number of hydrogen-bond donors (Lipinski definition) is 1. The molecule has 1 aliphatic carbocycles. The first-order chi connectivity index (χ1) is 8.18. The average molecular weight is 261 g/mol. The fourth-order valence-corrected chi connectivity index (χ4v) is 3.68. The van der Waals surface area contributed by atoms with Crippen molar-refractivity contribution in [3.05, 3.63) is 0 Å². The first-order valence-corrected chi connectivity index (χ1v) is 7.17. The average Bonchev–Trinajstić information content (AvgIpc) is 2.74. The van der Waals surface area contributed by atoms with Gasteiger partial charge in [0.1, 0.15) is 5.54 Å². The molecule has 17 heavy (non-hydrogen) atoms. The Morgan fingerprint density at radius 3 is 2.88 bits per heavy atom. The van der Waals surface area contributed by atoms with E-state index in [1.54, 1.807) is 7.11 Å². The number of carbonyl (C=O) groups excluding carboxylic acids is 1. The molecular formula is C12H23NO3S. The van der Waals surface area contributed by atoms with Crippen molar-refractivity contribution < 1.29 is 14.3 Å². The van der Waals surface area contributed by atoms with E-state index in [0.717, 1.165) is 38.2 Å². The van der Waals surface area contributed by atoms with Crippen LogP contribution in [-0.4, -0.2) is 49.9 Å². The molecule has 1 N–H and O–H groups in total. The highest BCUT2D eigenvalue weighted by Crippen LogP contribution is 2.37. The van der Waals surface area contributed by atoms with Crippen LogP contribution < -0.4 is 5.32 Å². The summed E-state index contributed by atoms with van der Waals surface area (Å²) in [6.45, 7) is 3.59. The van der Waals surface area contributed by atoms with E-state index < -0.39 is 5.54 Å². The third-order valence-corrected chi connectivity index (χ3v) is 4.48. The van der Waals surface area contributed by atoms with E-state index in [9.17, 15) is 4.79 Å². The molecular weight excluding hydrogens is 238 g/mol. The maximum atomic E-state index is 11.9. The minimum Gasteiger partial charge on any atom is -0.468 e. The minimum absolute atomic E-state index is 0.116. The van der Waals surface area contributed by atoms with Gasteiger partial charge in [0, 0.05) is 18.1 Å². The Bertz CT molecular complexity index is 250. The van der Waals surface area contributed by atoms with Gasteiger partial charge in [-0.3, -0.25) is 4.79 Å². The minimum atomic E-state index is -0.450. The van der Waals surface area contributed by atoms with Gasteiger partial charge in [-0.05, 0) is 25.8 Å². The Hall–Kier alpha value is -0.260.